The van der Waals surface area contributed by atoms with Gasteiger partial charge in [-0.25, -0.2) is 4.98 Å². The lowest BCUT2D eigenvalue weighted by Gasteiger charge is -2.26. The van der Waals surface area contributed by atoms with Crippen molar-refractivity contribution in [3.8, 4) is 28.2 Å². The molecule has 2 aromatic heterocycles. The Balaban J connectivity index is 1.40. The highest BCUT2D eigenvalue weighted by Gasteiger charge is 2.29. The standard InChI is InChI=1S/C48H44N2OSi/c1-29(2)38-26-34(31-15-9-8-10-16-31)27-39(30(3)4)45(38)50-46-42(21-14-22-44(46)52(5,6)7)49-48(50)37-20-13-19-36-41-25-33-24-23-32-17-11-12-18-35(32)40(33)28-43(41)51-47(36)37/h8-30H,1-7H3. The minimum Gasteiger partial charge on any atom is -0.455 e. The van der Waals surface area contributed by atoms with E-state index >= 15 is 0 Å². The van der Waals surface area contributed by atoms with E-state index in [1.165, 1.54) is 60.2 Å². The number of fused-ring (bicyclic) bond motifs is 7. The average Bonchev–Trinajstić information content (AvgIpc) is 3.71. The third kappa shape index (κ3) is 5.11. The van der Waals surface area contributed by atoms with Crippen LogP contribution in [0.3, 0.4) is 0 Å². The quantitative estimate of drug-likeness (QED) is 0.128. The Morgan fingerprint density at radius 2 is 1.25 bits per heavy atom. The maximum Gasteiger partial charge on any atom is 0.149 e. The van der Waals surface area contributed by atoms with Crippen molar-refractivity contribution in [3.63, 3.8) is 0 Å². The molecule has 256 valence electrons. The summed E-state index contributed by atoms with van der Waals surface area (Å²) in [7, 11) is -1.82. The topological polar surface area (TPSA) is 31.0 Å². The fraction of sp³-hybridized carbons (Fsp3) is 0.188. The number of rotatable bonds is 6. The van der Waals surface area contributed by atoms with Crippen molar-refractivity contribution in [2.45, 2.75) is 59.2 Å². The number of benzene rings is 7. The van der Waals surface area contributed by atoms with Crippen molar-refractivity contribution in [2.24, 2.45) is 0 Å². The van der Waals surface area contributed by atoms with Gasteiger partial charge in [-0.05, 0) is 97.2 Å². The van der Waals surface area contributed by atoms with E-state index in [-0.39, 0.29) is 11.8 Å². The maximum atomic E-state index is 6.97. The zero-order valence-electron chi connectivity index (χ0n) is 31.1. The molecule has 0 aliphatic rings. The largest absolute Gasteiger partial charge is 0.455 e. The van der Waals surface area contributed by atoms with Gasteiger partial charge in [-0.1, -0.05) is 138 Å². The van der Waals surface area contributed by atoms with E-state index in [4.69, 9.17) is 9.40 Å². The zero-order chi connectivity index (χ0) is 35.9. The summed E-state index contributed by atoms with van der Waals surface area (Å²) in [5.41, 5.74) is 11.4. The summed E-state index contributed by atoms with van der Waals surface area (Å²) in [4.78, 5) is 5.56. The average molecular weight is 693 g/mol. The van der Waals surface area contributed by atoms with Crippen LogP contribution in [0.5, 0.6) is 0 Å². The Morgan fingerprint density at radius 1 is 0.577 bits per heavy atom. The van der Waals surface area contributed by atoms with Gasteiger partial charge in [0.25, 0.3) is 0 Å². The molecule has 0 fully saturated rings. The van der Waals surface area contributed by atoms with Gasteiger partial charge < -0.3 is 4.42 Å². The monoisotopic (exact) mass is 692 g/mol. The number of hydrogen-bond acceptors (Lipinski definition) is 2. The molecule has 0 radical (unpaired) electrons. The van der Waals surface area contributed by atoms with E-state index in [0.29, 0.717) is 0 Å². The second-order valence-corrected chi connectivity index (χ2v) is 21.1. The molecule has 52 heavy (non-hydrogen) atoms. The number of nitrogens with zero attached hydrogens (tertiary/aromatic N) is 2. The Bertz CT molecular complexity index is 2800. The predicted molar refractivity (Wildman–Crippen MR) is 225 cm³/mol. The van der Waals surface area contributed by atoms with Crippen LogP contribution in [0.15, 0.2) is 132 Å². The summed E-state index contributed by atoms with van der Waals surface area (Å²) in [6.45, 7) is 16.6. The molecule has 0 bridgehead atoms. The van der Waals surface area contributed by atoms with Gasteiger partial charge in [-0.15, -0.1) is 0 Å². The summed E-state index contributed by atoms with van der Waals surface area (Å²) in [6, 6.07) is 46.5. The van der Waals surface area contributed by atoms with Gasteiger partial charge in [0.2, 0.25) is 0 Å². The van der Waals surface area contributed by atoms with E-state index in [0.717, 1.165) is 38.8 Å². The highest BCUT2D eigenvalue weighted by Crippen LogP contribution is 2.43. The van der Waals surface area contributed by atoms with Crippen molar-refractivity contribution in [3.05, 3.63) is 139 Å². The summed E-state index contributed by atoms with van der Waals surface area (Å²) < 4.78 is 9.49. The van der Waals surface area contributed by atoms with Crippen LogP contribution in [0.2, 0.25) is 19.6 Å². The number of para-hydroxylation sites is 2. The molecule has 0 spiro atoms. The van der Waals surface area contributed by atoms with Crippen LogP contribution in [-0.2, 0) is 0 Å². The predicted octanol–water partition coefficient (Wildman–Crippen LogP) is 13.4. The molecule has 2 heterocycles. The van der Waals surface area contributed by atoms with Crippen LogP contribution < -0.4 is 5.19 Å². The molecule has 0 saturated carbocycles. The van der Waals surface area contributed by atoms with Crippen LogP contribution in [0.1, 0.15) is 50.7 Å². The molecule has 0 aliphatic carbocycles. The minimum absolute atomic E-state index is 0.282. The molecule has 0 atom stereocenters. The normalized spacial score (nSPS) is 12.5. The van der Waals surface area contributed by atoms with Crippen LogP contribution in [0.4, 0.5) is 0 Å². The first-order valence-corrected chi connectivity index (χ1v) is 22.1. The van der Waals surface area contributed by atoms with E-state index in [1.807, 2.05) is 0 Å². The lowest BCUT2D eigenvalue weighted by molar-refractivity contribution is 0.670. The highest BCUT2D eigenvalue weighted by atomic mass is 28.3. The number of imidazole rings is 1. The van der Waals surface area contributed by atoms with Crippen molar-refractivity contribution in [2.75, 3.05) is 0 Å². The molecule has 0 saturated heterocycles. The molecule has 0 unspecified atom stereocenters. The van der Waals surface area contributed by atoms with Crippen LogP contribution in [0.25, 0.3) is 82.7 Å². The van der Waals surface area contributed by atoms with Gasteiger partial charge in [-0.2, -0.15) is 0 Å². The number of hydrogen-bond donors (Lipinski definition) is 0. The van der Waals surface area contributed by atoms with Gasteiger partial charge in [0.1, 0.15) is 17.0 Å². The first kappa shape index (κ1) is 32.5. The van der Waals surface area contributed by atoms with Gasteiger partial charge in [-0.3, -0.25) is 4.57 Å². The van der Waals surface area contributed by atoms with Crippen LogP contribution in [-0.4, -0.2) is 17.6 Å². The van der Waals surface area contributed by atoms with E-state index in [9.17, 15) is 0 Å². The molecule has 0 amide bonds. The summed E-state index contributed by atoms with van der Waals surface area (Å²) in [5, 5.41) is 8.55. The molecule has 3 nitrogen and oxygen atoms in total. The Kier molecular flexibility index (Phi) is 7.53. The fourth-order valence-corrected chi connectivity index (χ4v) is 9.77. The summed E-state index contributed by atoms with van der Waals surface area (Å²) in [6.07, 6.45) is 0. The highest BCUT2D eigenvalue weighted by molar-refractivity contribution is 6.90. The Morgan fingerprint density at radius 3 is 1.98 bits per heavy atom. The zero-order valence-corrected chi connectivity index (χ0v) is 32.1. The Labute approximate surface area is 306 Å². The van der Waals surface area contributed by atoms with Crippen LogP contribution in [0, 0.1) is 0 Å². The second-order valence-electron chi connectivity index (χ2n) is 16.0. The third-order valence-corrected chi connectivity index (χ3v) is 12.9. The molecular weight excluding hydrogens is 649 g/mol. The molecule has 0 aliphatic heterocycles. The van der Waals surface area contributed by atoms with Gasteiger partial charge >= 0.3 is 0 Å². The number of furan rings is 1. The molecule has 4 heteroatoms. The maximum absolute atomic E-state index is 6.97. The summed E-state index contributed by atoms with van der Waals surface area (Å²) >= 11 is 0. The lowest BCUT2D eigenvalue weighted by Crippen LogP contribution is -2.38. The fourth-order valence-electron chi connectivity index (χ4n) is 8.22. The SMILES string of the molecule is CC(C)c1cc(-c2ccccc2)cc(C(C)C)c1-n1c(-c2cccc3c2oc2cc4c(ccc5ccccc54)cc23)nc2cccc([Si](C)(C)C)c21. The molecule has 9 rings (SSSR count). The van der Waals surface area contributed by atoms with Crippen molar-refractivity contribution in [1.82, 2.24) is 9.55 Å². The molecule has 9 aromatic rings. The Hall–Kier alpha value is -5.45. The summed E-state index contributed by atoms with van der Waals surface area (Å²) in [5.74, 6) is 1.49. The van der Waals surface area contributed by atoms with Gasteiger partial charge in [0.15, 0.2) is 0 Å². The number of aromatic nitrogens is 2. The van der Waals surface area contributed by atoms with Crippen molar-refractivity contribution < 1.29 is 4.42 Å². The van der Waals surface area contributed by atoms with E-state index in [2.05, 4.69) is 179 Å². The smallest absolute Gasteiger partial charge is 0.149 e. The van der Waals surface area contributed by atoms with E-state index in [1.54, 1.807) is 0 Å². The first-order valence-electron chi connectivity index (χ1n) is 18.6. The molecule has 7 aromatic carbocycles. The van der Waals surface area contributed by atoms with Gasteiger partial charge in [0.05, 0.1) is 30.4 Å². The van der Waals surface area contributed by atoms with Crippen molar-refractivity contribution in [1.29, 1.82) is 0 Å². The van der Waals surface area contributed by atoms with Crippen molar-refractivity contribution >= 4 is 67.8 Å². The van der Waals surface area contributed by atoms with Gasteiger partial charge in [0, 0.05) is 10.8 Å². The minimum atomic E-state index is -1.82. The lowest BCUT2D eigenvalue weighted by atomic mass is 9.88. The first-order chi connectivity index (χ1) is 25.1. The molecular formula is C48H44N2OSi. The van der Waals surface area contributed by atoms with E-state index < -0.39 is 8.07 Å². The third-order valence-electron chi connectivity index (χ3n) is 10.8. The molecule has 0 N–H and O–H groups in total. The second kappa shape index (κ2) is 12.1. The van der Waals surface area contributed by atoms with Crippen LogP contribution >= 0.6 is 0 Å².